The van der Waals surface area contributed by atoms with E-state index in [4.69, 9.17) is 22.9 Å². The monoisotopic (exact) mass is 1320 g/mol. The normalized spacial score (nSPS) is 9.49. The number of carbonyl (C=O) groups excluding carboxylic acids is 7. The van der Waals surface area contributed by atoms with Gasteiger partial charge in [0.15, 0.2) is 0 Å². The van der Waals surface area contributed by atoms with Crippen LogP contribution in [0.3, 0.4) is 0 Å². The Morgan fingerprint density at radius 3 is 0.316 bits per heavy atom. The summed E-state index contributed by atoms with van der Waals surface area (Å²) < 4.78 is 0. The maximum absolute atomic E-state index is 9.91. The fourth-order valence-electron chi connectivity index (χ4n) is 0.333. The molecule has 0 amide bonds. The van der Waals surface area contributed by atoms with Crippen molar-refractivity contribution in [3.63, 3.8) is 0 Å². The van der Waals surface area contributed by atoms with Crippen LogP contribution in [0.2, 0.25) is 0 Å². The molecule has 0 aromatic heterocycles. The summed E-state index contributed by atoms with van der Waals surface area (Å²) >= 11 is 0. The molecule has 0 spiro atoms. The molecule has 0 saturated heterocycles. The van der Waals surface area contributed by atoms with Gasteiger partial charge in [-0.05, 0) is 26.2 Å². The number of hydrogen-bond acceptors (Lipinski definition) is 22. The molecule has 0 saturated carbocycles. The van der Waals surface area contributed by atoms with E-state index in [1.54, 1.807) is 145 Å². The molecule has 0 bridgehead atoms. The van der Waals surface area contributed by atoms with Crippen LogP contribution in [0.1, 0.15) is 171 Å². The maximum atomic E-state index is 9.91. The molecule has 0 heterocycles. The summed E-state index contributed by atoms with van der Waals surface area (Å²) in [6.07, 6.45) is 2.44. The van der Waals surface area contributed by atoms with Crippen LogP contribution >= 0.6 is 0 Å². The third-order valence-electron chi connectivity index (χ3n) is 5.68. The van der Waals surface area contributed by atoms with E-state index in [9.17, 15) is 89.7 Å². The van der Waals surface area contributed by atoms with E-state index in [1.165, 1.54) is 0 Å². The van der Waals surface area contributed by atoms with Crippen molar-refractivity contribution in [2.24, 2.45) is 60.8 Å². The maximum Gasteiger partial charge on any atom is 4.00 e. The summed E-state index contributed by atoms with van der Waals surface area (Å²) in [6, 6.07) is 0. The van der Waals surface area contributed by atoms with E-state index in [2.05, 4.69) is 0 Å². The minimum atomic E-state index is -1.01. The van der Waals surface area contributed by atoms with Crippen LogP contribution in [0.15, 0.2) is 0 Å². The molecule has 0 rings (SSSR count). The fourth-order valence-corrected chi connectivity index (χ4v) is 0.333. The first-order valence-corrected chi connectivity index (χ1v) is 21.9. The van der Waals surface area contributed by atoms with Crippen LogP contribution in [0.5, 0.6) is 0 Å². The minimum absolute atomic E-state index is 0. The Morgan fingerprint density at radius 2 is 0.316 bits per heavy atom. The molecule has 0 aromatic carbocycles. The molecule has 76 heavy (non-hydrogen) atoms. The Hall–Kier alpha value is -1.51. The van der Waals surface area contributed by atoms with Gasteiger partial charge in [0.05, 0.1) is 0 Å². The molecule has 0 fully saturated rings. The minimum Gasteiger partial charge on any atom is -2.00 e. The second-order valence-electron chi connectivity index (χ2n) is 21.1. The van der Waals surface area contributed by atoms with Crippen molar-refractivity contribution in [2.75, 3.05) is 52.6 Å². The topological polar surface area (TPSA) is 534 Å². The molecule has 1 radical (unpaired) electrons. The molecule has 24 nitrogen and oxygen atoms in total. The third-order valence-corrected chi connectivity index (χ3v) is 5.68. The smallest absolute Gasteiger partial charge is 2.00 e. The van der Waals surface area contributed by atoms with Crippen molar-refractivity contribution >= 4 is 41.8 Å². The average Bonchev–Trinajstić information content (AvgIpc) is 3.13. The Labute approximate surface area is 509 Å². The van der Waals surface area contributed by atoms with Crippen LogP contribution in [0, 0.1) is 37.9 Å². The van der Waals surface area contributed by atoms with Crippen molar-refractivity contribution in [3.8, 4) is 0 Å². The van der Waals surface area contributed by atoms with Crippen LogP contribution in [-0.4, -0.2) is 94.4 Å². The number of rotatable bonds is 8. The summed E-state index contributed by atoms with van der Waals surface area (Å²) in [6.45, 7) is 35.6. The van der Waals surface area contributed by atoms with Gasteiger partial charge >= 0.3 is 85.3 Å². The van der Waals surface area contributed by atoms with E-state index in [-0.39, 0.29) is 123 Å². The summed E-state index contributed by atoms with van der Waals surface area (Å²) in [5.74, 6) is -7.05. The van der Waals surface area contributed by atoms with Gasteiger partial charge in [-0.2, -0.15) is 0 Å². The Morgan fingerprint density at radius 1 is 0.263 bits per heavy atom. The molecular formula is C47H95Fe5N4O20+4. The Kier molecular flexibility index (Phi) is 119. The van der Waals surface area contributed by atoms with E-state index in [0.717, 1.165) is 0 Å². The Bertz CT molecular complexity index is 1010. The molecule has 0 atom stereocenters. The first-order chi connectivity index (χ1) is 30.3. The zero-order valence-corrected chi connectivity index (χ0v) is 54.2. The van der Waals surface area contributed by atoms with Gasteiger partial charge in [-0.1, -0.05) is 171 Å². The van der Waals surface area contributed by atoms with Gasteiger partial charge in [0.2, 0.25) is 0 Å². The third kappa shape index (κ3) is 158. The van der Waals surface area contributed by atoms with Crippen LogP contribution in [0.4, 0.5) is 0 Å². The molecule has 0 aliphatic carbocycles. The molecular weight excluding hydrogens is 1220 g/mol. The molecule has 0 aromatic rings. The van der Waals surface area contributed by atoms with Crippen molar-refractivity contribution in [1.82, 2.24) is 0 Å². The molecule has 8 N–H and O–H groups in total. The quantitative estimate of drug-likeness (QED) is 0.164. The molecule has 0 aliphatic heterocycles. The standard InChI is InChI=1S/7C5H10O2.4C3H8NO.5Fe.2O/c7*1-5(2,3)4(6)7;4*4-2-1-3-5;;;;;;;/h7*1-3H3,(H,6,7);4*1-4H2;;;;;;;/q;;;;;;;4*-1;+3;4*+4;2*-2/p-7. The number of carbonyl (C=O) groups is 7. The molecule has 29 heteroatoms. The predicted octanol–water partition coefficient (Wildman–Crippen LogP) is -6.99. The average molecular weight is 1320 g/mol. The molecule has 0 unspecified atom stereocenters. The van der Waals surface area contributed by atoms with Gasteiger partial charge < -0.3 is 124 Å². The molecule has 459 valence electrons. The van der Waals surface area contributed by atoms with Crippen molar-refractivity contribution in [1.29, 1.82) is 0 Å². The van der Waals surface area contributed by atoms with E-state index in [0.29, 0.717) is 51.9 Å². The fraction of sp³-hybridized carbons (Fsp3) is 0.851. The van der Waals surface area contributed by atoms with Gasteiger partial charge in [0, 0.05) is 79.7 Å². The number of hydrogen-bond donors (Lipinski definition) is 4. The van der Waals surface area contributed by atoms with E-state index >= 15 is 0 Å². The number of carboxylic acids is 7. The summed E-state index contributed by atoms with van der Waals surface area (Å²) in [7, 11) is 0. The van der Waals surface area contributed by atoms with Gasteiger partial charge in [0.25, 0.3) is 0 Å². The number of aliphatic carboxylic acids is 7. The first-order valence-electron chi connectivity index (χ1n) is 21.9. The van der Waals surface area contributed by atoms with Crippen molar-refractivity contribution in [2.45, 2.75) is 171 Å². The second kappa shape index (κ2) is 71.5. The van der Waals surface area contributed by atoms with E-state index in [1.807, 2.05) is 0 Å². The van der Waals surface area contributed by atoms with Crippen molar-refractivity contribution < 1.29 is 186 Å². The number of carboxylic acid groups (broad SMARTS) is 7. The van der Waals surface area contributed by atoms with Crippen molar-refractivity contribution in [3.05, 3.63) is 0 Å². The van der Waals surface area contributed by atoms with Gasteiger partial charge in [-0.3, -0.25) is 0 Å². The first kappa shape index (κ1) is 126. The summed E-state index contributed by atoms with van der Waals surface area (Å²) in [5.41, 5.74) is 14.9. The SMILES string of the molecule is CC(C)(C)C(=O)[O-].CC(C)(C)C(=O)[O-].CC(C)(C)C(=O)[O-].CC(C)(C)C(=O)[O-].CC(C)(C)C(=O)[O-].CC(C)(C)C(=O)[O-].CC(C)(C)C(=O)[O-].NCCC[O-].NCCC[O-].NCCC[O-].NCCC[O-].[Fe+3].[Fe+4].[Fe+4].[Fe+4].[Fe+4].[O-2].[O-2]. The van der Waals surface area contributed by atoms with Crippen LogP contribution in [-0.2, 0) is 130 Å². The summed E-state index contributed by atoms with van der Waals surface area (Å²) in [5, 5.41) is 107. The zero-order chi connectivity index (χ0) is 59.0. The molecule has 0 aliphatic rings. The number of nitrogens with two attached hydrogens (primary N) is 4. The van der Waals surface area contributed by atoms with Crippen LogP contribution in [0.25, 0.3) is 0 Å². The Balaban J connectivity index is -0.0000000302. The largest absolute Gasteiger partial charge is 4.00 e. The predicted molar refractivity (Wildman–Crippen MR) is 247 cm³/mol. The van der Waals surface area contributed by atoms with E-state index < -0.39 is 79.7 Å². The van der Waals surface area contributed by atoms with Gasteiger partial charge in [0.1, 0.15) is 0 Å². The zero-order valence-electron chi connectivity index (χ0n) is 48.7. The summed E-state index contributed by atoms with van der Waals surface area (Å²) in [4.78, 5) is 69.4. The van der Waals surface area contributed by atoms with Gasteiger partial charge in [-0.15, -0.1) is 26.4 Å². The van der Waals surface area contributed by atoms with Gasteiger partial charge in [-0.25, -0.2) is 0 Å². The second-order valence-corrected chi connectivity index (χ2v) is 21.1. The van der Waals surface area contributed by atoms with Crippen LogP contribution < -0.4 is 79.1 Å².